The van der Waals surface area contributed by atoms with Crippen LogP contribution in [0.4, 0.5) is 5.69 Å². The van der Waals surface area contributed by atoms with E-state index in [1.54, 1.807) is 0 Å². The van der Waals surface area contributed by atoms with Crippen molar-refractivity contribution >= 4 is 17.3 Å². The SMILES string of the molecule is CCCNCc1cccc(Cl)c1N(C)C1CCOC1C. The highest BCUT2D eigenvalue weighted by Crippen LogP contribution is 2.33. The predicted octanol–water partition coefficient (Wildman–Crippen LogP) is 3.45. The molecule has 2 rings (SSSR count). The summed E-state index contributed by atoms with van der Waals surface area (Å²) >= 11 is 6.45. The van der Waals surface area contributed by atoms with Crippen molar-refractivity contribution in [3.63, 3.8) is 0 Å². The van der Waals surface area contributed by atoms with Crippen molar-refractivity contribution in [1.29, 1.82) is 0 Å². The summed E-state index contributed by atoms with van der Waals surface area (Å²) < 4.78 is 5.69. The second-order valence-corrected chi connectivity index (χ2v) is 5.87. The Balaban J connectivity index is 2.19. The van der Waals surface area contributed by atoms with Gasteiger partial charge in [0.05, 0.1) is 22.9 Å². The Bertz CT molecular complexity index is 438. The number of benzene rings is 1. The highest BCUT2D eigenvalue weighted by atomic mass is 35.5. The summed E-state index contributed by atoms with van der Waals surface area (Å²) in [7, 11) is 2.13. The average Bonchev–Trinajstić information content (AvgIpc) is 2.85. The van der Waals surface area contributed by atoms with Crippen LogP contribution in [0.15, 0.2) is 18.2 Å². The molecule has 0 saturated carbocycles. The van der Waals surface area contributed by atoms with Crippen molar-refractivity contribution in [2.75, 3.05) is 25.1 Å². The summed E-state index contributed by atoms with van der Waals surface area (Å²) in [6.45, 7) is 7.04. The van der Waals surface area contributed by atoms with Crippen LogP contribution in [-0.2, 0) is 11.3 Å². The Morgan fingerprint density at radius 1 is 1.45 bits per heavy atom. The first-order valence-corrected chi connectivity index (χ1v) is 7.85. The number of rotatable bonds is 6. The molecule has 1 aliphatic rings. The lowest BCUT2D eigenvalue weighted by Crippen LogP contribution is -2.37. The molecule has 1 fully saturated rings. The second-order valence-electron chi connectivity index (χ2n) is 5.47. The lowest BCUT2D eigenvalue weighted by Gasteiger charge is -2.31. The molecule has 112 valence electrons. The predicted molar refractivity (Wildman–Crippen MR) is 85.7 cm³/mol. The number of hydrogen-bond acceptors (Lipinski definition) is 3. The molecule has 0 bridgehead atoms. The minimum Gasteiger partial charge on any atom is -0.376 e. The number of ether oxygens (including phenoxy) is 1. The fraction of sp³-hybridized carbons (Fsp3) is 0.625. The maximum absolute atomic E-state index is 6.45. The maximum atomic E-state index is 6.45. The zero-order valence-corrected chi connectivity index (χ0v) is 13.4. The highest BCUT2D eigenvalue weighted by molar-refractivity contribution is 6.33. The largest absolute Gasteiger partial charge is 0.376 e. The van der Waals surface area contributed by atoms with Gasteiger partial charge >= 0.3 is 0 Å². The van der Waals surface area contributed by atoms with Crippen LogP contribution in [0.5, 0.6) is 0 Å². The Hall–Kier alpha value is -0.770. The minimum absolute atomic E-state index is 0.257. The number of halogens is 1. The number of likely N-dealkylation sites (N-methyl/N-ethyl adjacent to an activating group) is 1. The molecule has 0 radical (unpaired) electrons. The molecule has 0 aliphatic carbocycles. The Morgan fingerprint density at radius 3 is 2.90 bits per heavy atom. The molecule has 1 N–H and O–H groups in total. The summed E-state index contributed by atoms with van der Waals surface area (Å²) in [6.07, 6.45) is 2.46. The molecule has 1 heterocycles. The van der Waals surface area contributed by atoms with Crippen LogP contribution in [0, 0.1) is 0 Å². The van der Waals surface area contributed by atoms with Crippen molar-refractivity contribution < 1.29 is 4.74 Å². The van der Waals surface area contributed by atoms with Crippen LogP contribution < -0.4 is 10.2 Å². The maximum Gasteiger partial charge on any atom is 0.0750 e. The highest BCUT2D eigenvalue weighted by Gasteiger charge is 2.29. The first-order valence-electron chi connectivity index (χ1n) is 7.47. The number of nitrogens with zero attached hydrogens (tertiary/aromatic N) is 1. The number of hydrogen-bond donors (Lipinski definition) is 1. The van der Waals surface area contributed by atoms with Crippen molar-refractivity contribution in [1.82, 2.24) is 5.32 Å². The van der Waals surface area contributed by atoms with Gasteiger partial charge in [0, 0.05) is 20.2 Å². The number of anilines is 1. The van der Waals surface area contributed by atoms with Gasteiger partial charge in [0.15, 0.2) is 0 Å². The van der Waals surface area contributed by atoms with E-state index < -0.39 is 0 Å². The molecule has 4 heteroatoms. The second kappa shape index (κ2) is 7.30. The zero-order chi connectivity index (χ0) is 14.5. The topological polar surface area (TPSA) is 24.5 Å². The van der Waals surface area contributed by atoms with E-state index in [1.807, 2.05) is 12.1 Å². The van der Waals surface area contributed by atoms with Crippen LogP contribution in [0.3, 0.4) is 0 Å². The molecular weight excluding hydrogens is 272 g/mol. The molecule has 1 aromatic rings. The van der Waals surface area contributed by atoms with Crippen molar-refractivity contribution in [3.05, 3.63) is 28.8 Å². The summed E-state index contributed by atoms with van der Waals surface area (Å²) in [5.74, 6) is 0. The molecule has 0 aromatic heterocycles. The molecular formula is C16H25ClN2O. The average molecular weight is 297 g/mol. The monoisotopic (exact) mass is 296 g/mol. The van der Waals surface area contributed by atoms with E-state index in [0.29, 0.717) is 6.04 Å². The van der Waals surface area contributed by atoms with Gasteiger partial charge in [-0.05, 0) is 37.9 Å². The number of nitrogens with one attached hydrogen (secondary N) is 1. The van der Waals surface area contributed by atoms with Crippen LogP contribution in [0.25, 0.3) is 0 Å². The minimum atomic E-state index is 0.257. The third-order valence-corrected chi connectivity index (χ3v) is 4.30. The van der Waals surface area contributed by atoms with E-state index >= 15 is 0 Å². The molecule has 1 saturated heterocycles. The smallest absolute Gasteiger partial charge is 0.0750 e. The lowest BCUT2D eigenvalue weighted by atomic mass is 10.1. The molecule has 2 unspecified atom stereocenters. The standard InChI is InChI=1S/C16H25ClN2O/c1-4-9-18-11-13-6-5-7-14(17)16(13)19(3)15-8-10-20-12(15)2/h5-7,12,15,18H,4,8-11H2,1-3H3. The van der Waals surface area contributed by atoms with Crippen molar-refractivity contribution in [2.45, 2.75) is 45.4 Å². The van der Waals surface area contributed by atoms with Crippen molar-refractivity contribution in [3.8, 4) is 0 Å². The third-order valence-electron chi connectivity index (χ3n) is 4.00. The Morgan fingerprint density at radius 2 is 2.25 bits per heavy atom. The van der Waals surface area contributed by atoms with Gasteiger partial charge in [0.2, 0.25) is 0 Å². The molecule has 1 aromatic carbocycles. The van der Waals surface area contributed by atoms with E-state index in [0.717, 1.165) is 43.2 Å². The summed E-state index contributed by atoms with van der Waals surface area (Å²) in [5.41, 5.74) is 2.40. The van der Waals surface area contributed by atoms with Crippen LogP contribution in [-0.4, -0.2) is 32.3 Å². The first-order chi connectivity index (χ1) is 9.65. The third kappa shape index (κ3) is 3.46. The molecule has 0 amide bonds. The van der Waals surface area contributed by atoms with Crippen LogP contribution in [0.2, 0.25) is 5.02 Å². The first kappa shape index (κ1) is 15.6. The zero-order valence-electron chi connectivity index (χ0n) is 12.7. The van der Waals surface area contributed by atoms with Crippen LogP contribution in [0.1, 0.15) is 32.3 Å². The Kier molecular flexibility index (Phi) is 5.70. The quantitative estimate of drug-likeness (QED) is 0.814. The molecule has 3 nitrogen and oxygen atoms in total. The number of para-hydroxylation sites is 1. The van der Waals surface area contributed by atoms with Gasteiger partial charge in [-0.3, -0.25) is 0 Å². The summed E-state index contributed by atoms with van der Waals surface area (Å²) in [5, 5.41) is 4.28. The van der Waals surface area contributed by atoms with E-state index in [1.165, 1.54) is 5.56 Å². The van der Waals surface area contributed by atoms with E-state index in [4.69, 9.17) is 16.3 Å². The van der Waals surface area contributed by atoms with Crippen molar-refractivity contribution in [2.24, 2.45) is 0 Å². The molecule has 20 heavy (non-hydrogen) atoms. The summed E-state index contributed by atoms with van der Waals surface area (Å²) in [4.78, 5) is 2.29. The summed E-state index contributed by atoms with van der Waals surface area (Å²) in [6, 6.07) is 6.55. The Labute approximate surface area is 127 Å². The lowest BCUT2D eigenvalue weighted by molar-refractivity contribution is 0.118. The fourth-order valence-corrected chi connectivity index (χ4v) is 3.22. The van der Waals surface area contributed by atoms with Gasteiger partial charge < -0.3 is 15.0 Å². The van der Waals surface area contributed by atoms with Gasteiger partial charge in [0.1, 0.15) is 0 Å². The van der Waals surface area contributed by atoms with Crippen LogP contribution >= 0.6 is 11.6 Å². The van der Waals surface area contributed by atoms with E-state index in [9.17, 15) is 0 Å². The van der Waals surface area contributed by atoms with Gasteiger partial charge in [-0.25, -0.2) is 0 Å². The van der Waals surface area contributed by atoms with E-state index in [-0.39, 0.29) is 6.10 Å². The van der Waals surface area contributed by atoms with Gasteiger partial charge in [-0.15, -0.1) is 0 Å². The fourth-order valence-electron chi connectivity index (χ4n) is 2.89. The molecule has 2 atom stereocenters. The van der Waals surface area contributed by atoms with Gasteiger partial charge in [-0.1, -0.05) is 30.7 Å². The normalized spacial score (nSPS) is 22.2. The van der Waals surface area contributed by atoms with Gasteiger partial charge in [0.25, 0.3) is 0 Å². The molecule has 1 aliphatic heterocycles. The van der Waals surface area contributed by atoms with Gasteiger partial charge in [-0.2, -0.15) is 0 Å². The van der Waals surface area contributed by atoms with E-state index in [2.05, 4.69) is 37.2 Å². The molecule has 0 spiro atoms.